The van der Waals surface area contributed by atoms with Crippen LogP contribution in [0.4, 0.5) is 21.6 Å². The second-order valence-corrected chi connectivity index (χ2v) is 5.32. The highest BCUT2D eigenvalue weighted by Gasteiger charge is 2.11. The van der Waals surface area contributed by atoms with E-state index in [2.05, 4.69) is 20.8 Å². The number of para-hydroxylation sites is 2. The first-order valence-electron chi connectivity index (χ1n) is 8.05. The zero-order chi connectivity index (χ0) is 18.4. The van der Waals surface area contributed by atoms with Crippen molar-refractivity contribution in [3.8, 4) is 5.75 Å². The average molecular weight is 352 g/mol. The smallest absolute Gasteiger partial charge is 0.276 e. The summed E-state index contributed by atoms with van der Waals surface area (Å²) in [6.07, 6.45) is 0. The van der Waals surface area contributed by atoms with Crippen molar-refractivity contribution in [3.63, 3.8) is 0 Å². The Morgan fingerprint density at radius 1 is 1.04 bits per heavy atom. The number of nitrogens with zero attached hydrogens (tertiary/aromatic N) is 2. The summed E-state index contributed by atoms with van der Waals surface area (Å²) in [4.78, 5) is 12.3. The lowest BCUT2D eigenvalue weighted by molar-refractivity contribution is 0.102. The lowest BCUT2D eigenvalue weighted by Gasteiger charge is -2.11. The van der Waals surface area contributed by atoms with E-state index >= 15 is 0 Å². The molecule has 0 bridgehead atoms. The number of benzene rings is 2. The van der Waals surface area contributed by atoms with Gasteiger partial charge in [0.1, 0.15) is 11.6 Å². The van der Waals surface area contributed by atoms with Crippen molar-refractivity contribution in [1.29, 1.82) is 0 Å². The fourth-order valence-electron chi connectivity index (χ4n) is 2.24. The number of aromatic nitrogens is 2. The van der Waals surface area contributed by atoms with Gasteiger partial charge in [0, 0.05) is 5.69 Å². The molecule has 2 aromatic carbocycles. The van der Waals surface area contributed by atoms with Crippen LogP contribution in [-0.4, -0.2) is 22.7 Å². The van der Waals surface area contributed by atoms with Gasteiger partial charge >= 0.3 is 0 Å². The van der Waals surface area contributed by atoms with Crippen molar-refractivity contribution < 1.29 is 13.9 Å². The van der Waals surface area contributed by atoms with Crippen molar-refractivity contribution >= 4 is 23.1 Å². The minimum absolute atomic E-state index is 0.168. The van der Waals surface area contributed by atoms with E-state index in [-0.39, 0.29) is 11.5 Å². The number of carbonyl (C=O) groups excluding carboxylic acids is 1. The Morgan fingerprint density at radius 3 is 2.50 bits per heavy atom. The summed E-state index contributed by atoms with van der Waals surface area (Å²) in [7, 11) is 0. The first-order chi connectivity index (χ1) is 12.7. The van der Waals surface area contributed by atoms with Crippen LogP contribution in [-0.2, 0) is 0 Å². The zero-order valence-electron chi connectivity index (χ0n) is 14.1. The van der Waals surface area contributed by atoms with Crippen LogP contribution < -0.4 is 15.4 Å². The molecule has 0 aliphatic carbocycles. The van der Waals surface area contributed by atoms with Crippen LogP contribution in [0.25, 0.3) is 0 Å². The summed E-state index contributed by atoms with van der Waals surface area (Å²) in [5, 5.41) is 13.6. The van der Waals surface area contributed by atoms with Gasteiger partial charge in [-0.25, -0.2) is 4.39 Å². The van der Waals surface area contributed by atoms with Gasteiger partial charge in [-0.05, 0) is 55.5 Å². The first-order valence-corrected chi connectivity index (χ1v) is 8.05. The van der Waals surface area contributed by atoms with Crippen molar-refractivity contribution in [2.45, 2.75) is 6.92 Å². The topological polar surface area (TPSA) is 76.1 Å². The number of carbonyl (C=O) groups is 1. The van der Waals surface area contributed by atoms with Crippen LogP contribution in [0.3, 0.4) is 0 Å². The maximum Gasteiger partial charge on any atom is 0.276 e. The third-order valence-corrected chi connectivity index (χ3v) is 3.45. The van der Waals surface area contributed by atoms with Crippen LogP contribution in [0.15, 0.2) is 60.7 Å². The molecule has 0 radical (unpaired) electrons. The number of halogens is 1. The number of hydrogen-bond donors (Lipinski definition) is 2. The van der Waals surface area contributed by atoms with Crippen LogP contribution in [0, 0.1) is 5.82 Å². The van der Waals surface area contributed by atoms with Gasteiger partial charge < -0.3 is 15.4 Å². The third-order valence-electron chi connectivity index (χ3n) is 3.45. The Kier molecular flexibility index (Phi) is 5.38. The fourth-order valence-corrected chi connectivity index (χ4v) is 2.24. The maximum absolute atomic E-state index is 12.9. The molecule has 1 aromatic heterocycles. The van der Waals surface area contributed by atoms with Gasteiger partial charge in [0.2, 0.25) is 0 Å². The second-order valence-electron chi connectivity index (χ2n) is 5.32. The number of ether oxygens (including phenoxy) is 1. The molecule has 7 heteroatoms. The van der Waals surface area contributed by atoms with Crippen molar-refractivity contribution in [2.24, 2.45) is 0 Å². The Bertz CT molecular complexity index is 883. The molecule has 2 N–H and O–H groups in total. The average Bonchev–Trinajstić information content (AvgIpc) is 2.66. The summed E-state index contributed by atoms with van der Waals surface area (Å²) in [6.45, 7) is 2.37. The summed E-state index contributed by atoms with van der Waals surface area (Å²) < 4.78 is 18.4. The standard InChI is InChI=1S/C19H17FN4O2/c1-2-26-17-6-4-3-5-15(17)22-19(25)16-11-12-18(24-23-16)21-14-9-7-13(20)8-10-14/h3-12H,2H2,1H3,(H,21,24)(H,22,25). The van der Waals surface area contributed by atoms with Gasteiger partial charge in [-0.1, -0.05) is 12.1 Å². The van der Waals surface area contributed by atoms with E-state index in [0.717, 1.165) is 0 Å². The minimum Gasteiger partial charge on any atom is -0.492 e. The molecule has 3 aromatic rings. The predicted molar refractivity (Wildman–Crippen MR) is 97.3 cm³/mol. The molecule has 0 atom stereocenters. The molecule has 0 saturated carbocycles. The van der Waals surface area contributed by atoms with E-state index in [1.807, 2.05) is 13.0 Å². The largest absolute Gasteiger partial charge is 0.492 e. The Labute approximate surface area is 150 Å². The SMILES string of the molecule is CCOc1ccccc1NC(=O)c1ccc(Nc2ccc(F)cc2)nn1. The van der Waals surface area contributed by atoms with Crippen LogP contribution in [0.1, 0.15) is 17.4 Å². The number of rotatable bonds is 6. The molecule has 0 aliphatic heterocycles. The van der Waals surface area contributed by atoms with Crippen molar-refractivity contribution in [1.82, 2.24) is 10.2 Å². The fraction of sp³-hybridized carbons (Fsp3) is 0.105. The van der Waals surface area contributed by atoms with Gasteiger partial charge in [0.25, 0.3) is 5.91 Å². The van der Waals surface area contributed by atoms with Gasteiger partial charge in [-0.2, -0.15) is 0 Å². The lowest BCUT2D eigenvalue weighted by Crippen LogP contribution is -2.15. The van der Waals surface area contributed by atoms with E-state index in [9.17, 15) is 9.18 Å². The highest BCUT2D eigenvalue weighted by molar-refractivity contribution is 6.03. The summed E-state index contributed by atoms with van der Waals surface area (Å²) >= 11 is 0. The summed E-state index contributed by atoms with van der Waals surface area (Å²) in [6, 6.07) is 16.2. The van der Waals surface area contributed by atoms with Gasteiger partial charge in [0.05, 0.1) is 12.3 Å². The molecule has 132 valence electrons. The number of anilines is 3. The Hall–Kier alpha value is -3.48. The molecule has 0 unspecified atom stereocenters. The number of amides is 1. The molecule has 0 spiro atoms. The van der Waals surface area contributed by atoms with E-state index < -0.39 is 5.91 Å². The molecule has 0 saturated heterocycles. The lowest BCUT2D eigenvalue weighted by atomic mass is 10.2. The quantitative estimate of drug-likeness (QED) is 0.701. The van der Waals surface area contributed by atoms with E-state index in [1.54, 1.807) is 42.5 Å². The molecule has 1 heterocycles. The van der Waals surface area contributed by atoms with E-state index in [4.69, 9.17) is 4.74 Å². The number of hydrogen-bond acceptors (Lipinski definition) is 5. The molecular weight excluding hydrogens is 335 g/mol. The molecule has 0 fully saturated rings. The highest BCUT2D eigenvalue weighted by atomic mass is 19.1. The first kappa shape index (κ1) is 17.3. The summed E-state index contributed by atoms with van der Waals surface area (Å²) in [5.41, 5.74) is 1.40. The molecule has 26 heavy (non-hydrogen) atoms. The van der Waals surface area contributed by atoms with Gasteiger partial charge in [0.15, 0.2) is 11.5 Å². The van der Waals surface area contributed by atoms with E-state index in [1.165, 1.54) is 12.1 Å². The molecule has 6 nitrogen and oxygen atoms in total. The predicted octanol–water partition coefficient (Wildman–Crippen LogP) is 4.01. The zero-order valence-corrected chi connectivity index (χ0v) is 14.1. The van der Waals surface area contributed by atoms with Crippen LogP contribution in [0.2, 0.25) is 0 Å². The monoisotopic (exact) mass is 352 g/mol. The van der Waals surface area contributed by atoms with Crippen LogP contribution >= 0.6 is 0 Å². The molecule has 3 rings (SSSR count). The van der Waals surface area contributed by atoms with E-state index in [0.29, 0.717) is 29.5 Å². The van der Waals surface area contributed by atoms with Crippen molar-refractivity contribution in [2.75, 3.05) is 17.2 Å². The second kappa shape index (κ2) is 8.06. The van der Waals surface area contributed by atoms with Gasteiger partial charge in [-0.15, -0.1) is 10.2 Å². The normalized spacial score (nSPS) is 10.2. The molecule has 1 amide bonds. The number of nitrogens with one attached hydrogen (secondary N) is 2. The molecular formula is C19H17FN4O2. The summed E-state index contributed by atoms with van der Waals surface area (Å²) in [5.74, 6) is 0.327. The van der Waals surface area contributed by atoms with Crippen molar-refractivity contribution in [3.05, 3.63) is 72.2 Å². The maximum atomic E-state index is 12.9. The Balaban J connectivity index is 1.68. The highest BCUT2D eigenvalue weighted by Crippen LogP contribution is 2.24. The molecule has 0 aliphatic rings. The Morgan fingerprint density at radius 2 is 1.81 bits per heavy atom. The third kappa shape index (κ3) is 4.32. The van der Waals surface area contributed by atoms with Crippen LogP contribution in [0.5, 0.6) is 5.75 Å². The minimum atomic E-state index is -0.391. The van der Waals surface area contributed by atoms with Gasteiger partial charge in [-0.3, -0.25) is 4.79 Å².